The molecule has 0 radical (unpaired) electrons. The van der Waals surface area contributed by atoms with Gasteiger partial charge in [-0.15, -0.1) is 0 Å². The van der Waals surface area contributed by atoms with Crippen molar-refractivity contribution in [1.82, 2.24) is 5.32 Å². The number of aliphatic carboxylic acids is 1. The van der Waals surface area contributed by atoms with E-state index in [2.05, 4.69) is 19.2 Å². The molecule has 0 bridgehead atoms. The van der Waals surface area contributed by atoms with E-state index in [1.165, 1.54) is 19.3 Å². The van der Waals surface area contributed by atoms with Crippen LogP contribution < -0.4 is 5.32 Å². The van der Waals surface area contributed by atoms with E-state index >= 15 is 0 Å². The maximum Gasteiger partial charge on any atom is 0.323 e. The van der Waals surface area contributed by atoms with Crippen LogP contribution in [0.4, 0.5) is 0 Å². The number of hydrogen-bond acceptors (Lipinski definition) is 2. The molecule has 0 amide bonds. The molecule has 0 spiro atoms. The van der Waals surface area contributed by atoms with E-state index < -0.39 is 11.5 Å². The molecule has 94 valence electrons. The summed E-state index contributed by atoms with van der Waals surface area (Å²) in [5.41, 5.74) is -0.740. The summed E-state index contributed by atoms with van der Waals surface area (Å²) in [5.74, 6) is -0.410. The van der Waals surface area contributed by atoms with Crippen molar-refractivity contribution in [1.29, 1.82) is 0 Å². The van der Waals surface area contributed by atoms with Crippen LogP contribution in [-0.4, -0.2) is 22.7 Å². The van der Waals surface area contributed by atoms with Gasteiger partial charge in [-0.25, -0.2) is 0 Å². The zero-order chi connectivity index (χ0) is 12.2. The quantitative estimate of drug-likeness (QED) is 0.759. The number of rotatable bonds is 5. The maximum absolute atomic E-state index is 11.5. The van der Waals surface area contributed by atoms with E-state index in [1.54, 1.807) is 0 Å². The fraction of sp³-hybridized carbons (Fsp3) is 0.923. The predicted molar refractivity (Wildman–Crippen MR) is 65.5 cm³/mol. The molecule has 2 atom stereocenters. The molecule has 1 fully saturated rings. The number of hydrogen-bond donors (Lipinski definition) is 2. The molecule has 16 heavy (non-hydrogen) atoms. The minimum absolute atomic E-state index is 0.267. The molecule has 2 N–H and O–H groups in total. The van der Waals surface area contributed by atoms with Crippen LogP contribution in [0.15, 0.2) is 0 Å². The molecule has 1 rings (SSSR count). The first-order valence-corrected chi connectivity index (χ1v) is 6.51. The average Bonchev–Trinajstić information content (AvgIpc) is 2.29. The lowest BCUT2D eigenvalue weighted by Gasteiger charge is -2.39. The van der Waals surface area contributed by atoms with E-state index in [9.17, 15) is 9.90 Å². The molecule has 0 aromatic rings. The van der Waals surface area contributed by atoms with Crippen molar-refractivity contribution in [3.05, 3.63) is 0 Å². The lowest BCUT2D eigenvalue weighted by molar-refractivity contribution is -0.147. The van der Waals surface area contributed by atoms with Crippen molar-refractivity contribution in [2.75, 3.05) is 0 Å². The Labute approximate surface area is 98.6 Å². The lowest BCUT2D eigenvalue weighted by atomic mass is 9.75. The molecule has 2 unspecified atom stereocenters. The maximum atomic E-state index is 11.5. The van der Waals surface area contributed by atoms with E-state index in [0.717, 1.165) is 19.3 Å². The molecule has 0 heterocycles. The highest BCUT2D eigenvalue weighted by Gasteiger charge is 2.42. The summed E-state index contributed by atoms with van der Waals surface area (Å²) in [4.78, 5) is 11.5. The summed E-state index contributed by atoms with van der Waals surface area (Å²) < 4.78 is 0. The van der Waals surface area contributed by atoms with Crippen molar-refractivity contribution >= 4 is 5.97 Å². The minimum Gasteiger partial charge on any atom is -0.480 e. The molecular formula is C13H25NO2. The summed E-state index contributed by atoms with van der Waals surface area (Å²) in [6.07, 6.45) is 6.68. The minimum atomic E-state index is -0.740. The first-order valence-electron chi connectivity index (χ1n) is 6.51. The third-order valence-electron chi connectivity index (χ3n) is 4.02. The van der Waals surface area contributed by atoms with Crippen molar-refractivity contribution in [3.63, 3.8) is 0 Å². The highest BCUT2D eigenvalue weighted by Crippen LogP contribution is 2.33. The Morgan fingerprint density at radius 2 is 2.00 bits per heavy atom. The fourth-order valence-electron chi connectivity index (χ4n) is 2.65. The van der Waals surface area contributed by atoms with Gasteiger partial charge in [-0.2, -0.15) is 0 Å². The van der Waals surface area contributed by atoms with Crippen LogP contribution >= 0.6 is 0 Å². The van der Waals surface area contributed by atoms with Gasteiger partial charge in [0.15, 0.2) is 0 Å². The van der Waals surface area contributed by atoms with Crippen molar-refractivity contribution < 1.29 is 9.90 Å². The summed E-state index contributed by atoms with van der Waals surface area (Å²) in [5, 5.41) is 12.8. The average molecular weight is 227 g/mol. The van der Waals surface area contributed by atoms with Gasteiger partial charge >= 0.3 is 5.97 Å². The van der Waals surface area contributed by atoms with E-state index in [-0.39, 0.29) is 12.0 Å². The molecule has 3 nitrogen and oxygen atoms in total. The highest BCUT2D eigenvalue weighted by molar-refractivity contribution is 5.78. The van der Waals surface area contributed by atoms with Crippen molar-refractivity contribution in [2.45, 2.75) is 70.9 Å². The summed E-state index contributed by atoms with van der Waals surface area (Å²) in [6.45, 7) is 6.00. The Balaban J connectivity index is 2.73. The fourth-order valence-corrected chi connectivity index (χ4v) is 2.65. The number of carbonyl (C=O) groups is 1. The predicted octanol–water partition coefficient (Wildman–Crippen LogP) is 2.80. The van der Waals surface area contributed by atoms with Gasteiger partial charge in [-0.3, -0.25) is 10.1 Å². The van der Waals surface area contributed by atoms with Crippen molar-refractivity contribution in [2.24, 2.45) is 5.92 Å². The molecule has 1 saturated carbocycles. The van der Waals surface area contributed by atoms with Gasteiger partial charge in [0.1, 0.15) is 5.54 Å². The van der Waals surface area contributed by atoms with Crippen LogP contribution in [0.5, 0.6) is 0 Å². The summed E-state index contributed by atoms with van der Waals surface area (Å²) >= 11 is 0. The highest BCUT2D eigenvalue weighted by atomic mass is 16.4. The lowest BCUT2D eigenvalue weighted by Crippen LogP contribution is -2.58. The molecule has 3 heteroatoms. The third kappa shape index (κ3) is 2.97. The van der Waals surface area contributed by atoms with Crippen LogP contribution in [0.3, 0.4) is 0 Å². The zero-order valence-electron chi connectivity index (χ0n) is 10.8. The Bertz CT molecular complexity index is 236. The van der Waals surface area contributed by atoms with Gasteiger partial charge in [0.2, 0.25) is 0 Å². The second-order valence-electron chi connectivity index (χ2n) is 5.30. The van der Waals surface area contributed by atoms with Gasteiger partial charge in [-0.1, -0.05) is 26.2 Å². The molecule has 0 saturated heterocycles. The topological polar surface area (TPSA) is 49.3 Å². The van der Waals surface area contributed by atoms with Gasteiger partial charge < -0.3 is 5.11 Å². The Morgan fingerprint density at radius 3 is 2.44 bits per heavy atom. The Hall–Kier alpha value is -0.570. The van der Waals surface area contributed by atoms with E-state index in [1.807, 2.05) is 6.92 Å². The first kappa shape index (κ1) is 13.5. The van der Waals surface area contributed by atoms with Gasteiger partial charge in [-0.05, 0) is 39.0 Å². The molecule has 1 aliphatic carbocycles. The van der Waals surface area contributed by atoms with Gasteiger partial charge in [0.25, 0.3) is 0 Å². The number of carboxylic acid groups (broad SMARTS) is 1. The van der Waals surface area contributed by atoms with Crippen LogP contribution in [0.2, 0.25) is 0 Å². The number of carboxylic acids is 1. The summed E-state index contributed by atoms with van der Waals surface area (Å²) in [7, 11) is 0. The monoisotopic (exact) mass is 227 g/mol. The van der Waals surface area contributed by atoms with Crippen LogP contribution in [-0.2, 0) is 4.79 Å². The largest absolute Gasteiger partial charge is 0.480 e. The molecule has 0 aliphatic heterocycles. The summed E-state index contributed by atoms with van der Waals surface area (Å²) in [6, 6.07) is 0.267. The van der Waals surface area contributed by atoms with Gasteiger partial charge in [0, 0.05) is 6.04 Å². The Kier molecular flexibility index (Phi) is 4.78. The van der Waals surface area contributed by atoms with E-state index in [0.29, 0.717) is 0 Å². The van der Waals surface area contributed by atoms with Gasteiger partial charge in [0.05, 0.1) is 0 Å². The van der Waals surface area contributed by atoms with Crippen LogP contribution in [0.1, 0.15) is 59.3 Å². The first-order chi connectivity index (χ1) is 7.50. The van der Waals surface area contributed by atoms with Crippen LogP contribution in [0, 0.1) is 5.92 Å². The standard InChI is InChI=1S/C13H25NO2/c1-4-10(2)14-13(3,12(15)16)11-8-6-5-7-9-11/h10-11,14H,4-9H2,1-3H3,(H,15,16). The van der Waals surface area contributed by atoms with Crippen molar-refractivity contribution in [3.8, 4) is 0 Å². The normalized spacial score (nSPS) is 23.7. The Morgan fingerprint density at radius 1 is 1.44 bits per heavy atom. The SMILES string of the molecule is CCC(C)NC(C)(C(=O)O)C1CCCCC1. The van der Waals surface area contributed by atoms with E-state index in [4.69, 9.17) is 0 Å². The third-order valence-corrected chi connectivity index (χ3v) is 4.02. The second kappa shape index (κ2) is 5.67. The molecule has 0 aromatic carbocycles. The molecular weight excluding hydrogens is 202 g/mol. The smallest absolute Gasteiger partial charge is 0.323 e. The number of nitrogens with one attached hydrogen (secondary N) is 1. The second-order valence-corrected chi connectivity index (χ2v) is 5.30. The zero-order valence-corrected chi connectivity index (χ0v) is 10.8. The van der Waals surface area contributed by atoms with Crippen LogP contribution in [0.25, 0.3) is 0 Å². The molecule has 1 aliphatic rings. The molecule has 0 aromatic heterocycles.